The van der Waals surface area contributed by atoms with Crippen LogP contribution in [0.5, 0.6) is 0 Å². The largest absolute Gasteiger partial charge is 0.260 e. The molecule has 0 fully saturated rings. The number of nitrogens with one attached hydrogen (secondary N) is 1. The van der Waals surface area contributed by atoms with Crippen molar-refractivity contribution in [3.05, 3.63) is 30.1 Å². The molecule has 15 heavy (non-hydrogen) atoms. The van der Waals surface area contributed by atoms with Crippen LogP contribution in [0.15, 0.2) is 29.2 Å². The highest BCUT2D eigenvalue weighted by Crippen LogP contribution is 2.19. The minimum Gasteiger partial charge on any atom is -0.260 e. The molecule has 0 aromatic heterocycles. The Morgan fingerprint density at radius 3 is 2.33 bits per heavy atom. The third-order valence-corrected chi connectivity index (χ3v) is 2.84. The molecule has 0 spiro atoms. The number of hydrogen-bond acceptors (Lipinski definition) is 2. The Hall–Kier alpha value is -0.540. The van der Waals surface area contributed by atoms with Crippen LogP contribution in [0, 0.1) is 11.2 Å². The average molecular weight is 227 g/mol. The van der Waals surface area contributed by atoms with Gasteiger partial charge in [-0.1, -0.05) is 20.8 Å². The summed E-state index contributed by atoms with van der Waals surface area (Å²) >= 11 is 1.55. The molecule has 1 aromatic carbocycles. The molecule has 0 saturated heterocycles. The molecule has 1 nitrogen and oxygen atoms in total. The number of halogens is 1. The molecule has 0 amide bonds. The van der Waals surface area contributed by atoms with Crippen molar-refractivity contribution < 1.29 is 4.39 Å². The molecule has 0 aliphatic carbocycles. The summed E-state index contributed by atoms with van der Waals surface area (Å²) in [6.07, 6.45) is 1.13. The van der Waals surface area contributed by atoms with Crippen molar-refractivity contribution >= 4 is 11.9 Å². The first-order valence-electron chi connectivity index (χ1n) is 5.13. The van der Waals surface area contributed by atoms with Gasteiger partial charge < -0.3 is 0 Å². The fourth-order valence-electron chi connectivity index (χ4n) is 1.06. The molecule has 0 heterocycles. The van der Waals surface area contributed by atoms with Crippen LogP contribution < -0.4 is 4.72 Å². The van der Waals surface area contributed by atoms with Gasteiger partial charge in [-0.05, 0) is 48.0 Å². The monoisotopic (exact) mass is 227 g/mol. The molecule has 0 atom stereocenters. The highest BCUT2D eigenvalue weighted by molar-refractivity contribution is 7.97. The van der Waals surface area contributed by atoms with Crippen LogP contribution in [-0.2, 0) is 0 Å². The van der Waals surface area contributed by atoms with E-state index in [0.717, 1.165) is 17.9 Å². The van der Waals surface area contributed by atoms with Gasteiger partial charge in [-0.3, -0.25) is 4.72 Å². The lowest BCUT2D eigenvalue weighted by molar-refractivity contribution is 0.380. The Kier molecular flexibility index (Phi) is 4.61. The lowest BCUT2D eigenvalue weighted by Gasteiger charge is -2.17. The molecule has 1 rings (SSSR count). The minimum absolute atomic E-state index is 0.186. The summed E-state index contributed by atoms with van der Waals surface area (Å²) < 4.78 is 15.9. The van der Waals surface area contributed by atoms with Gasteiger partial charge in [-0.15, -0.1) is 0 Å². The molecular weight excluding hydrogens is 209 g/mol. The van der Waals surface area contributed by atoms with Crippen molar-refractivity contribution in [3.8, 4) is 0 Å². The van der Waals surface area contributed by atoms with Gasteiger partial charge in [0.15, 0.2) is 0 Å². The zero-order chi connectivity index (χ0) is 11.3. The van der Waals surface area contributed by atoms with E-state index in [1.807, 2.05) is 0 Å². The first-order chi connectivity index (χ1) is 6.97. The SMILES string of the molecule is CC(C)(C)CCNSc1ccc(F)cc1. The maximum absolute atomic E-state index is 12.6. The van der Waals surface area contributed by atoms with Crippen molar-refractivity contribution in [2.24, 2.45) is 5.41 Å². The van der Waals surface area contributed by atoms with Crippen LogP contribution in [0.4, 0.5) is 4.39 Å². The summed E-state index contributed by atoms with van der Waals surface area (Å²) in [5, 5.41) is 0. The average Bonchev–Trinajstić information content (AvgIpc) is 2.14. The van der Waals surface area contributed by atoms with Gasteiger partial charge in [-0.2, -0.15) is 0 Å². The molecule has 0 radical (unpaired) electrons. The maximum atomic E-state index is 12.6. The summed E-state index contributed by atoms with van der Waals surface area (Å²) in [7, 11) is 0. The Labute approximate surface area is 95.6 Å². The summed E-state index contributed by atoms with van der Waals surface area (Å²) in [6.45, 7) is 7.62. The van der Waals surface area contributed by atoms with Crippen LogP contribution in [0.3, 0.4) is 0 Å². The number of benzene rings is 1. The first kappa shape index (κ1) is 12.5. The summed E-state index contributed by atoms with van der Waals surface area (Å²) in [6, 6.07) is 6.52. The Morgan fingerprint density at radius 2 is 1.80 bits per heavy atom. The molecule has 0 unspecified atom stereocenters. The number of rotatable bonds is 4. The van der Waals surface area contributed by atoms with E-state index in [-0.39, 0.29) is 5.82 Å². The predicted octanol–water partition coefficient (Wildman–Crippen LogP) is 3.86. The molecule has 1 aromatic rings. The van der Waals surface area contributed by atoms with Gasteiger partial charge in [0.1, 0.15) is 5.82 Å². The van der Waals surface area contributed by atoms with Crippen molar-refractivity contribution in [3.63, 3.8) is 0 Å². The maximum Gasteiger partial charge on any atom is 0.123 e. The highest BCUT2D eigenvalue weighted by atomic mass is 32.2. The fourth-order valence-corrected chi connectivity index (χ4v) is 1.71. The Balaban J connectivity index is 2.23. The zero-order valence-electron chi connectivity index (χ0n) is 9.51. The van der Waals surface area contributed by atoms with Gasteiger partial charge in [-0.25, -0.2) is 4.39 Å². The van der Waals surface area contributed by atoms with Crippen LogP contribution in [0.1, 0.15) is 27.2 Å². The fraction of sp³-hybridized carbons (Fsp3) is 0.500. The van der Waals surface area contributed by atoms with Crippen LogP contribution >= 0.6 is 11.9 Å². The molecule has 0 aliphatic rings. The zero-order valence-corrected chi connectivity index (χ0v) is 10.3. The van der Waals surface area contributed by atoms with E-state index < -0.39 is 0 Å². The van der Waals surface area contributed by atoms with E-state index in [4.69, 9.17) is 0 Å². The van der Waals surface area contributed by atoms with Gasteiger partial charge in [0.2, 0.25) is 0 Å². The molecule has 0 aliphatic heterocycles. The van der Waals surface area contributed by atoms with Crippen LogP contribution in [0.25, 0.3) is 0 Å². The normalized spacial score (nSPS) is 11.7. The molecular formula is C12H18FNS. The predicted molar refractivity (Wildman–Crippen MR) is 64.3 cm³/mol. The lowest BCUT2D eigenvalue weighted by atomic mass is 9.93. The van der Waals surface area contributed by atoms with E-state index in [9.17, 15) is 4.39 Å². The molecule has 0 saturated carbocycles. The van der Waals surface area contributed by atoms with Crippen molar-refractivity contribution in [2.45, 2.75) is 32.1 Å². The standard InChI is InChI=1S/C12H18FNS/c1-12(2,3)8-9-14-15-11-6-4-10(13)5-7-11/h4-7,14H,8-9H2,1-3H3. The van der Waals surface area contributed by atoms with E-state index in [1.165, 1.54) is 12.1 Å². The molecule has 0 bridgehead atoms. The lowest BCUT2D eigenvalue weighted by Crippen LogP contribution is -2.14. The quantitative estimate of drug-likeness (QED) is 0.619. The second kappa shape index (κ2) is 5.52. The van der Waals surface area contributed by atoms with Crippen LogP contribution in [0.2, 0.25) is 0 Å². The Morgan fingerprint density at radius 1 is 1.20 bits per heavy atom. The van der Waals surface area contributed by atoms with Gasteiger partial charge in [0, 0.05) is 11.4 Å². The second-order valence-corrected chi connectivity index (χ2v) is 5.73. The van der Waals surface area contributed by atoms with E-state index >= 15 is 0 Å². The highest BCUT2D eigenvalue weighted by Gasteiger charge is 2.08. The van der Waals surface area contributed by atoms with Gasteiger partial charge >= 0.3 is 0 Å². The van der Waals surface area contributed by atoms with E-state index in [1.54, 1.807) is 24.1 Å². The van der Waals surface area contributed by atoms with E-state index in [2.05, 4.69) is 25.5 Å². The topological polar surface area (TPSA) is 12.0 Å². The van der Waals surface area contributed by atoms with Gasteiger partial charge in [0.05, 0.1) is 0 Å². The smallest absolute Gasteiger partial charge is 0.123 e. The Bertz CT molecular complexity index is 289. The van der Waals surface area contributed by atoms with Crippen LogP contribution in [-0.4, -0.2) is 6.54 Å². The first-order valence-corrected chi connectivity index (χ1v) is 5.94. The summed E-state index contributed by atoms with van der Waals surface area (Å²) in [5.74, 6) is -0.186. The summed E-state index contributed by atoms with van der Waals surface area (Å²) in [4.78, 5) is 1.05. The number of hydrogen-bond donors (Lipinski definition) is 1. The third-order valence-electron chi connectivity index (χ3n) is 1.98. The van der Waals surface area contributed by atoms with E-state index in [0.29, 0.717) is 5.41 Å². The summed E-state index contributed by atoms with van der Waals surface area (Å²) in [5.41, 5.74) is 0.357. The second-order valence-electron chi connectivity index (χ2n) is 4.76. The van der Waals surface area contributed by atoms with Crippen molar-refractivity contribution in [2.75, 3.05) is 6.54 Å². The van der Waals surface area contributed by atoms with Crippen molar-refractivity contribution in [1.82, 2.24) is 4.72 Å². The molecule has 84 valence electrons. The molecule has 1 N–H and O–H groups in total. The minimum atomic E-state index is -0.186. The third kappa shape index (κ3) is 5.80. The van der Waals surface area contributed by atoms with Gasteiger partial charge in [0.25, 0.3) is 0 Å². The molecule has 3 heteroatoms. The van der Waals surface area contributed by atoms with Crippen molar-refractivity contribution in [1.29, 1.82) is 0 Å².